The summed E-state index contributed by atoms with van der Waals surface area (Å²) < 4.78 is 11.2. The van der Waals surface area contributed by atoms with E-state index in [1.807, 2.05) is 0 Å². The highest BCUT2D eigenvalue weighted by Crippen LogP contribution is 2.62. The smallest absolute Gasteiger partial charge is 0.333 e. The average molecular weight is 310 g/mol. The zero-order chi connectivity index (χ0) is 15.9. The first-order valence-corrected chi connectivity index (χ1v) is 8.27. The third-order valence-electron chi connectivity index (χ3n) is 5.76. The van der Waals surface area contributed by atoms with Crippen molar-refractivity contribution in [1.82, 2.24) is 0 Å². The number of carbonyl (C=O) groups is 1. The highest BCUT2D eigenvalue weighted by molar-refractivity contribution is 5.86. The van der Waals surface area contributed by atoms with Crippen LogP contribution in [0, 0.1) is 17.8 Å². The molecule has 0 spiro atoms. The highest BCUT2D eigenvalue weighted by atomic mass is 16.5. The van der Waals surface area contributed by atoms with Crippen LogP contribution in [0.3, 0.4) is 0 Å². The van der Waals surface area contributed by atoms with Crippen molar-refractivity contribution in [2.24, 2.45) is 17.8 Å². The van der Waals surface area contributed by atoms with Gasteiger partial charge in [0.25, 0.3) is 0 Å². The fourth-order valence-electron chi connectivity index (χ4n) is 4.84. The van der Waals surface area contributed by atoms with Crippen molar-refractivity contribution in [1.29, 1.82) is 0 Å². The number of carbonyl (C=O) groups excluding carboxylic acids is 1. The van der Waals surface area contributed by atoms with E-state index in [-0.39, 0.29) is 17.5 Å². The molecule has 2 N–H and O–H groups in total. The van der Waals surface area contributed by atoms with Crippen molar-refractivity contribution in [3.05, 3.63) is 12.2 Å². The van der Waals surface area contributed by atoms with Gasteiger partial charge in [-0.2, -0.15) is 0 Å². The van der Waals surface area contributed by atoms with Crippen LogP contribution in [0.25, 0.3) is 0 Å². The molecular formula is C17H26O5. The molecule has 2 bridgehead atoms. The minimum Gasteiger partial charge on any atom is -0.462 e. The molecule has 3 saturated carbocycles. The quantitative estimate of drug-likeness (QED) is 0.441. The molecule has 0 aromatic carbocycles. The summed E-state index contributed by atoms with van der Waals surface area (Å²) in [6.45, 7) is 6.01. The summed E-state index contributed by atoms with van der Waals surface area (Å²) in [5.41, 5.74) is 0.129. The van der Waals surface area contributed by atoms with E-state index in [1.54, 1.807) is 6.92 Å². The van der Waals surface area contributed by atoms with E-state index in [0.717, 1.165) is 19.3 Å². The van der Waals surface area contributed by atoms with Crippen LogP contribution in [0.4, 0.5) is 0 Å². The third kappa shape index (κ3) is 2.59. The fraction of sp³-hybridized carbons (Fsp3) is 0.824. The molecule has 0 radical (unpaired) electrons. The molecule has 3 fully saturated rings. The maximum atomic E-state index is 11.3. The summed E-state index contributed by atoms with van der Waals surface area (Å²) in [5.74, 6) is 0.687. The Morgan fingerprint density at radius 1 is 1.36 bits per heavy atom. The van der Waals surface area contributed by atoms with Gasteiger partial charge >= 0.3 is 5.97 Å². The number of esters is 1. The van der Waals surface area contributed by atoms with Crippen LogP contribution in [0.2, 0.25) is 0 Å². The van der Waals surface area contributed by atoms with Crippen LogP contribution >= 0.6 is 0 Å². The zero-order valence-corrected chi connectivity index (χ0v) is 13.2. The Kier molecular flexibility index (Phi) is 4.32. The van der Waals surface area contributed by atoms with Crippen molar-refractivity contribution in [3.63, 3.8) is 0 Å². The van der Waals surface area contributed by atoms with Crippen molar-refractivity contribution in [2.45, 2.75) is 56.8 Å². The first-order valence-electron chi connectivity index (χ1n) is 8.27. The monoisotopic (exact) mass is 310 g/mol. The van der Waals surface area contributed by atoms with Gasteiger partial charge in [0.15, 0.2) is 0 Å². The third-order valence-corrected chi connectivity index (χ3v) is 5.76. The molecule has 3 aliphatic rings. The maximum absolute atomic E-state index is 11.3. The average Bonchev–Trinajstić information content (AvgIpc) is 3.10. The Balaban J connectivity index is 1.50. The lowest BCUT2D eigenvalue weighted by atomic mass is 9.78. The molecule has 3 aliphatic carbocycles. The number of rotatable bonds is 6. The molecule has 0 aromatic heterocycles. The second kappa shape index (κ2) is 5.95. The van der Waals surface area contributed by atoms with Crippen molar-refractivity contribution in [2.75, 3.05) is 13.2 Å². The Hall–Kier alpha value is -0.910. The molecule has 3 rings (SSSR count). The number of aliphatic hydroxyl groups excluding tert-OH is 2. The van der Waals surface area contributed by atoms with E-state index >= 15 is 0 Å². The summed E-state index contributed by atoms with van der Waals surface area (Å²) in [5, 5.41) is 20.2. The van der Waals surface area contributed by atoms with E-state index in [9.17, 15) is 15.0 Å². The van der Waals surface area contributed by atoms with Crippen molar-refractivity contribution < 1.29 is 24.5 Å². The summed E-state index contributed by atoms with van der Waals surface area (Å²) in [7, 11) is 0. The summed E-state index contributed by atoms with van der Waals surface area (Å²) in [6.07, 6.45) is 3.18. The van der Waals surface area contributed by atoms with E-state index < -0.39 is 12.2 Å². The van der Waals surface area contributed by atoms with E-state index in [0.29, 0.717) is 43.5 Å². The number of hydrogen-bond acceptors (Lipinski definition) is 5. The standard InChI is InChI=1S/C17H26O5/c1-10(2)16(20)21-6-3-7-22-17-5-4-11(9-17)12-8-13(18)15(19)14(12)17/h11-15,18-19H,1,3-9H2,2H3. The van der Waals surface area contributed by atoms with Crippen LogP contribution < -0.4 is 0 Å². The molecule has 6 unspecified atom stereocenters. The van der Waals surface area contributed by atoms with Gasteiger partial charge < -0.3 is 19.7 Å². The topological polar surface area (TPSA) is 76.0 Å². The Bertz CT molecular complexity index is 462. The SMILES string of the molecule is C=C(C)C(=O)OCCCOC12CCC(C1)C1CC(O)C(O)C12. The summed E-state index contributed by atoms with van der Waals surface area (Å²) in [6, 6.07) is 0. The molecule has 0 aliphatic heterocycles. The van der Waals surface area contributed by atoms with Crippen molar-refractivity contribution >= 4 is 5.97 Å². The largest absolute Gasteiger partial charge is 0.462 e. The van der Waals surface area contributed by atoms with Gasteiger partial charge in [0.1, 0.15) is 0 Å². The van der Waals surface area contributed by atoms with Gasteiger partial charge in [-0.05, 0) is 44.4 Å². The van der Waals surface area contributed by atoms with Gasteiger partial charge in [-0.15, -0.1) is 0 Å². The lowest BCUT2D eigenvalue weighted by molar-refractivity contribution is -0.141. The first-order chi connectivity index (χ1) is 10.4. The van der Waals surface area contributed by atoms with Crippen LogP contribution in [-0.4, -0.2) is 47.2 Å². The van der Waals surface area contributed by atoms with E-state index in [1.165, 1.54) is 0 Å². The van der Waals surface area contributed by atoms with Gasteiger partial charge in [0.05, 0.1) is 31.0 Å². The summed E-state index contributed by atoms with van der Waals surface area (Å²) in [4.78, 5) is 11.3. The van der Waals surface area contributed by atoms with Crippen LogP contribution in [0.15, 0.2) is 12.2 Å². The van der Waals surface area contributed by atoms with E-state index in [4.69, 9.17) is 9.47 Å². The van der Waals surface area contributed by atoms with Gasteiger partial charge in [0.2, 0.25) is 0 Å². The molecule has 0 heterocycles. The second-order valence-electron chi connectivity index (χ2n) is 7.17. The molecule has 0 saturated heterocycles. The first kappa shape index (κ1) is 16.0. The predicted molar refractivity (Wildman–Crippen MR) is 80.0 cm³/mol. The van der Waals surface area contributed by atoms with Crippen LogP contribution in [0.5, 0.6) is 0 Å². The van der Waals surface area contributed by atoms with Gasteiger partial charge in [0, 0.05) is 17.9 Å². The molecule has 22 heavy (non-hydrogen) atoms. The van der Waals surface area contributed by atoms with Crippen molar-refractivity contribution in [3.8, 4) is 0 Å². The molecule has 6 atom stereocenters. The highest BCUT2D eigenvalue weighted by Gasteiger charge is 2.64. The fourth-order valence-corrected chi connectivity index (χ4v) is 4.84. The minimum atomic E-state index is -0.656. The number of aliphatic hydroxyl groups is 2. The molecule has 5 heteroatoms. The molecule has 5 nitrogen and oxygen atoms in total. The van der Waals surface area contributed by atoms with Gasteiger partial charge in [-0.3, -0.25) is 0 Å². The van der Waals surface area contributed by atoms with Gasteiger partial charge in [-0.1, -0.05) is 6.58 Å². The maximum Gasteiger partial charge on any atom is 0.333 e. The minimum absolute atomic E-state index is 0.0687. The molecule has 0 amide bonds. The normalized spacial score (nSPS) is 42.4. The van der Waals surface area contributed by atoms with Gasteiger partial charge in [-0.25, -0.2) is 4.79 Å². The van der Waals surface area contributed by atoms with Crippen LogP contribution in [0.1, 0.15) is 39.0 Å². The Morgan fingerprint density at radius 2 is 2.14 bits per heavy atom. The molecule has 0 aromatic rings. The molecular weight excluding hydrogens is 284 g/mol. The Labute approximate surface area is 131 Å². The number of fused-ring (bicyclic) bond motifs is 5. The van der Waals surface area contributed by atoms with E-state index in [2.05, 4.69) is 6.58 Å². The summed E-state index contributed by atoms with van der Waals surface area (Å²) >= 11 is 0. The number of ether oxygens (including phenoxy) is 2. The lowest BCUT2D eigenvalue weighted by Crippen LogP contribution is -2.44. The lowest BCUT2D eigenvalue weighted by Gasteiger charge is -2.37. The molecule has 124 valence electrons. The predicted octanol–water partition coefficient (Wildman–Crippen LogP) is 1.42. The van der Waals surface area contributed by atoms with Crippen LogP contribution in [-0.2, 0) is 14.3 Å². The zero-order valence-electron chi connectivity index (χ0n) is 13.2. The Morgan fingerprint density at radius 3 is 2.86 bits per heavy atom. The number of hydrogen-bond donors (Lipinski definition) is 2. The second-order valence-corrected chi connectivity index (χ2v) is 7.17.